The van der Waals surface area contributed by atoms with Crippen molar-refractivity contribution in [2.24, 2.45) is 0 Å². The highest BCUT2D eigenvalue weighted by Crippen LogP contribution is 2.14. The second-order valence-corrected chi connectivity index (χ2v) is 2.83. The Morgan fingerprint density at radius 2 is 2.50 bits per heavy atom. The average molecular weight is 142 g/mol. The van der Waals surface area contributed by atoms with Crippen molar-refractivity contribution in [2.75, 3.05) is 13.1 Å². The fourth-order valence-electron chi connectivity index (χ4n) is 1.39. The van der Waals surface area contributed by atoms with Crippen LogP contribution in [-0.4, -0.2) is 30.0 Å². The molecule has 0 spiro atoms. The normalized spacial score (nSPS) is 27.1. The Labute approximate surface area is 60.6 Å². The van der Waals surface area contributed by atoms with Crippen molar-refractivity contribution in [1.82, 2.24) is 4.90 Å². The van der Waals surface area contributed by atoms with E-state index in [0.717, 1.165) is 19.4 Å². The number of carbonyl (C=O) groups is 1. The zero-order valence-corrected chi connectivity index (χ0v) is 6.17. The third-order valence-electron chi connectivity index (χ3n) is 2.02. The number of nitrogens with zero attached hydrogens (tertiary/aromatic N) is 1. The molecule has 0 radical (unpaired) electrons. The summed E-state index contributed by atoms with van der Waals surface area (Å²) in [4.78, 5) is 12.1. The van der Waals surface area contributed by atoms with Gasteiger partial charge in [0.2, 0.25) is 0 Å². The maximum Gasteiger partial charge on any atom is 0.0555 e. The van der Waals surface area contributed by atoms with Gasteiger partial charge in [-0.25, -0.2) is 0 Å². The lowest BCUT2D eigenvalue weighted by Crippen LogP contribution is -2.39. The molecule has 1 aliphatic heterocycles. The smallest absolute Gasteiger partial charge is 0.0555 e. The van der Waals surface area contributed by atoms with Gasteiger partial charge in [0.1, 0.15) is 0 Å². The van der Waals surface area contributed by atoms with Gasteiger partial charge in [0, 0.05) is 12.6 Å². The number of rotatable bonds is 2. The zero-order chi connectivity index (χ0) is 7.56. The first-order chi connectivity index (χ1) is 4.70. The van der Waals surface area contributed by atoms with Crippen molar-refractivity contribution in [3.8, 4) is 0 Å². The molecule has 1 rings (SSSR count). The predicted octanol–water partition coefficient (Wildman–Crippen LogP) is -0.779. The molecule has 1 unspecified atom stereocenters. The summed E-state index contributed by atoms with van der Waals surface area (Å²) in [5, 5.41) is 10.1. The van der Waals surface area contributed by atoms with Crippen molar-refractivity contribution < 1.29 is 9.90 Å². The number of carboxylic acid groups (broad SMARTS) is 1. The molecule has 0 aromatic heterocycles. The van der Waals surface area contributed by atoms with E-state index in [1.807, 2.05) is 4.90 Å². The number of likely N-dealkylation sites (tertiary alicyclic amines) is 1. The Morgan fingerprint density at radius 3 is 2.90 bits per heavy atom. The molecule has 1 fully saturated rings. The van der Waals surface area contributed by atoms with Gasteiger partial charge >= 0.3 is 0 Å². The monoisotopic (exact) mass is 142 g/mol. The van der Waals surface area contributed by atoms with Gasteiger partial charge in [-0.3, -0.25) is 4.90 Å². The maximum atomic E-state index is 10.1. The van der Waals surface area contributed by atoms with Gasteiger partial charge < -0.3 is 9.90 Å². The van der Waals surface area contributed by atoms with Gasteiger partial charge in [-0.1, -0.05) is 0 Å². The van der Waals surface area contributed by atoms with E-state index in [9.17, 15) is 9.90 Å². The van der Waals surface area contributed by atoms with Crippen molar-refractivity contribution >= 4 is 5.97 Å². The molecule has 58 valence electrons. The van der Waals surface area contributed by atoms with Crippen LogP contribution in [0, 0.1) is 0 Å². The molecule has 1 heterocycles. The molecule has 0 aromatic carbocycles. The molecule has 0 amide bonds. The fourth-order valence-corrected chi connectivity index (χ4v) is 1.39. The highest BCUT2D eigenvalue weighted by Gasteiger charge is 2.19. The summed E-state index contributed by atoms with van der Waals surface area (Å²) in [6, 6.07) is 0.429. The Bertz CT molecular complexity index is 136. The third kappa shape index (κ3) is 1.70. The Balaban J connectivity index is 2.33. The van der Waals surface area contributed by atoms with E-state index in [1.54, 1.807) is 0 Å². The number of hydrogen-bond acceptors (Lipinski definition) is 3. The topological polar surface area (TPSA) is 43.4 Å². The van der Waals surface area contributed by atoms with E-state index in [0.29, 0.717) is 6.04 Å². The Morgan fingerprint density at radius 1 is 1.80 bits per heavy atom. The number of carboxylic acids is 1. The molecule has 0 aromatic rings. The molecule has 1 aliphatic rings. The maximum absolute atomic E-state index is 10.1. The molecule has 1 saturated heterocycles. The summed E-state index contributed by atoms with van der Waals surface area (Å²) in [6.07, 6.45) is 2.24. The Kier molecular flexibility index (Phi) is 2.27. The Hall–Kier alpha value is -0.570. The summed E-state index contributed by atoms with van der Waals surface area (Å²) in [6.45, 7) is 3.06. The van der Waals surface area contributed by atoms with E-state index < -0.39 is 5.97 Å². The highest BCUT2D eigenvalue weighted by atomic mass is 16.4. The third-order valence-corrected chi connectivity index (χ3v) is 2.02. The second kappa shape index (κ2) is 3.01. The van der Waals surface area contributed by atoms with Crippen LogP contribution in [0.1, 0.15) is 19.8 Å². The average Bonchev–Trinajstić information content (AvgIpc) is 2.15. The van der Waals surface area contributed by atoms with Crippen LogP contribution < -0.4 is 5.11 Å². The molecular formula is C7H12NO2-. The van der Waals surface area contributed by atoms with Gasteiger partial charge in [0.15, 0.2) is 0 Å². The van der Waals surface area contributed by atoms with E-state index >= 15 is 0 Å². The van der Waals surface area contributed by atoms with Crippen molar-refractivity contribution in [1.29, 1.82) is 0 Å². The minimum absolute atomic E-state index is 0.0984. The first-order valence-corrected chi connectivity index (χ1v) is 3.64. The van der Waals surface area contributed by atoms with Crippen LogP contribution in [0.2, 0.25) is 0 Å². The number of hydrogen-bond donors (Lipinski definition) is 0. The van der Waals surface area contributed by atoms with Crippen LogP contribution in [0.4, 0.5) is 0 Å². The minimum Gasteiger partial charge on any atom is -0.549 e. The fraction of sp³-hybridized carbons (Fsp3) is 0.857. The summed E-state index contributed by atoms with van der Waals surface area (Å²) in [5.74, 6) is -0.964. The minimum atomic E-state index is -0.964. The lowest BCUT2D eigenvalue weighted by Gasteiger charge is -2.20. The molecule has 3 heteroatoms. The van der Waals surface area contributed by atoms with Gasteiger partial charge in [-0.15, -0.1) is 0 Å². The molecule has 0 aliphatic carbocycles. The number of carbonyl (C=O) groups excluding carboxylic acids is 1. The molecule has 0 saturated carbocycles. The summed E-state index contributed by atoms with van der Waals surface area (Å²) in [5.41, 5.74) is 0. The number of aliphatic carboxylic acids is 1. The second-order valence-electron chi connectivity index (χ2n) is 2.83. The lowest BCUT2D eigenvalue weighted by atomic mass is 10.2. The van der Waals surface area contributed by atoms with Crippen molar-refractivity contribution in [3.63, 3.8) is 0 Å². The molecule has 1 atom stereocenters. The molecule has 0 bridgehead atoms. The first kappa shape index (κ1) is 7.54. The summed E-state index contributed by atoms with van der Waals surface area (Å²) < 4.78 is 0. The quantitative estimate of drug-likeness (QED) is 0.508. The van der Waals surface area contributed by atoms with Crippen molar-refractivity contribution in [2.45, 2.75) is 25.8 Å². The highest BCUT2D eigenvalue weighted by molar-refractivity contribution is 5.66. The van der Waals surface area contributed by atoms with Gasteiger partial charge in [0.05, 0.1) is 5.97 Å². The lowest BCUT2D eigenvalue weighted by molar-refractivity contribution is -0.306. The van der Waals surface area contributed by atoms with Crippen LogP contribution in [0.5, 0.6) is 0 Å². The summed E-state index contributed by atoms with van der Waals surface area (Å²) >= 11 is 0. The van der Waals surface area contributed by atoms with Crippen LogP contribution in [0.15, 0.2) is 0 Å². The van der Waals surface area contributed by atoms with Gasteiger partial charge in [-0.05, 0) is 26.3 Å². The van der Waals surface area contributed by atoms with Crippen LogP contribution >= 0.6 is 0 Å². The summed E-state index contributed by atoms with van der Waals surface area (Å²) in [7, 11) is 0. The van der Waals surface area contributed by atoms with E-state index in [2.05, 4.69) is 6.92 Å². The van der Waals surface area contributed by atoms with Crippen LogP contribution in [-0.2, 0) is 4.79 Å². The SMILES string of the molecule is CC1CCCN1CC(=O)[O-]. The molecular weight excluding hydrogens is 130 g/mol. The van der Waals surface area contributed by atoms with E-state index in [1.165, 1.54) is 0 Å². The van der Waals surface area contributed by atoms with Crippen LogP contribution in [0.25, 0.3) is 0 Å². The van der Waals surface area contributed by atoms with E-state index in [-0.39, 0.29) is 6.54 Å². The standard InChI is InChI=1S/C7H13NO2/c1-6-3-2-4-8(6)5-7(9)10/h6H,2-5H2,1H3,(H,9,10)/p-1. The molecule has 0 N–H and O–H groups in total. The first-order valence-electron chi connectivity index (χ1n) is 3.64. The van der Waals surface area contributed by atoms with E-state index in [4.69, 9.17) is 0 Å². The predicted molar refractivity (Wildman–Crippen MR) is 35.3 cm³/mol. The van der Waals surface area contributed by atoms with Gasteiger partial charge in [0.25, 0.3) is 0 Å². The molecule has 10 heavy (non-hydrogen) atoms. The molecule has 3 nitrogen and oxygen atoms in total. The zero-order valence-electron chi connectivity index (χ0n) is 6.17. The largest absolute Gasteiger partial charge is 0.549 e. The van der Waals surface area contributed by atoms with Gasteiger partial charge in [-0.2, -0.15) is 0 Å². The van der Waals surface area contributed by atoms with Crippen molar-refractivity contribution in [3.05, 3.63) is 0 Å². The van der Waals surface area contributed by atoms with Crippen LogP contribution in [0.3, 0.4) is 0 Å².